The summed E-state index contributed by atoms with van der Waals surface area (Å²) in [5.74, 6) is 0.204. The highest BCUT2D eigenvalue weighted by Crippen LogP contribution is 2.42. The molecule has 7 rings (SSSR count). The van der Waals surface area contributed by atoms with Crippen molar-refractivity contribution in [3.63, 3.8) is 0 Å². The topological polar surface area (TPSA) is 133 Å². The van der Waals surface area contributed by atoms with Crippen molar-refractivity contribution in [3.05, 3.63) is 87.7 Å². The quantitative estimate of drug-likeness (QED) is 0.151. The van der Waals surface area contributed by atoms with Crippen LogP contribution in [0.1, 0.15) is 29.7 Å². The van der Waals surface area contributed by atoms with Gasteiger partial charge in [0.15, 0.2) is 0 Å². The van der Waals surface area contributed by atoms with E-state index in [0.717, 1.165) is 36.2 Å². The summed E-state index contributed by atoms with van der Waals surface area (Å²) in [5, 5.41) is 24.3. The summed E-state index contributed by atoms with van der Waals surface area (Å²) in [5.41, 5.74) is 8.46. The number of pyridine rings is 2. The van der Waals surface area contributed by atoms with Gasteiger partial charge in [-0.05, 0) is 36.2 Å². The van der Waals surface area contributed by atoms with Crippen LogP contribution in [0, 0.1) is 0 Å². The van der Waals surface area contributed by atoms with Crippen molar-refractivity contribution < 1.29 is 24.5 Å². The fourth-order valence-electron chi connectivity index (χ4n) is 7.31. The Morgan fingerprint density at radius 1 is 1.08 bits per heavy atom. The van der Waals surface area contributed by atoms with Gasteiger partial charge < -0.3 is 29.7 Å². The number of methoxy groups -OCH3 is 1. The lowest BCUT2D eigenvalue weighted by Crippen LogP contribution is -2.41. The molecule has 5 heterocycles. The third kappa shape index (κ3) is 6.74. The van der Waals surface area contributed by atoms with Gasteiger partial charge in [0.1, 0.15) is 0 Å². The zero-order chi connectivity index (χ0) is 35.8. The van der Waals surface area contributed by atoms with Gasteiger partial charge in [0, 0.05) is 103 Å². The van der Waals surface area contributed by atoms with Crippen LogP contribution in [-0.4, -0.2) is 85.9 Å². The lowest BCUT2D eigenvalue weighted by atomic mass is 9.99. The molecule has 0 saturated carbocycles. The van der Waals surface area contributed by atoms with Gasteiger partial charge >= 0.3 is 6.09 Å². The lowest BCUT2D eigenvalue weighted by molar-refractivity contribution is -0.119. The molecule has 3 aromatic heterocycles. The summed E-state index contributed by atoms with van der Waals surface area (Å²) in [6.07, 6.45) is 2.53. The number of hydrogen-bond acceptors (Lipinski definition) is 7. The fourth-order valence-corrected chi connectivity index (χ4v) is 7.96. The van der Waals surface area contributed by atoms with E-state index < -0.39 is 6.09 Å². The number of nitrogens with zero attached hydrogens (tertiary/aromatic N) is 5. The summed E-state index contributed by atoms with van der Waals surface area (Å²) >= 11 is 14.2. The number of aryl methyl sites for hydroxylation is 1. The van der Waals surface area contributed by atoms with E-state index in [-0.39, 0.29) is 37.5 Å². The molecule has 1 saturated heterocycles. The summed E-state index contributed by atoms with van der Waals surface area (Å²) in [7, 11) is 3.58. The smallest absolute Gasteiger partial charge is 0.407 e. The second kappa shape index (κ2) is 14.5. The molecule has 3 N–H and O–H groups in total. The van der Waals surface area contributed by atoms with Crippen molar-refractivity contribution in [3.8, 4) is 39.5 Å². The summed E-state index contributed by atoms with van der Waals surface area (Å²) in [4.78, 5) is 36.7. The van der Waals surface area contributed by atoms with E-state index in [1.54, 1.807) is 18.3 Å². The first kappa shape index (κ1) is 34.8. The SMILES string of the molecule is COc1nc(-c2cccc(-c3ccnc(-c4ccc5c6c(n(C)c5c4)CCN(CCO)C6)c3Cl)c2Cl)ccc1CN(CC1CCC(=O)N1)C(=O)O. The van der Waals surface area contributed by atoms with E-state index in [1.165, 1.54) is 28.7 Å². The van der Waals surface area contributed by atoms with Crippen LogP contribution in [0.2, 0.25) is 10.0 Å². The van der Waals surface area contributed by atoms with Gasteiger partial charge in [-0.25, -0.2) is 9.78 Å². The van der Waals surface area contributed by atoms with Crippen molar-refractivity contribution in [2.75, 3.05) is 33.4 Å². The molecule has 51 heavy (non-hydrogen) atoms. The van der Waals surface area contributed by atoms with Gasteiger partial charge in [0.05, 0.1) is 41.7 Å². The second-order valence-electron chi connectivity index (χ2n) is 13.0. The molecule has 13 heteroatoms. The number of fused-ring (bicyclic) bond motifs is 3. The van der Waals surface area contributed by atoms with Crippen molar-refractivity contribution >= 4 is 46.1 Å². The number of β-amino-alcohol motifs (C(OH)–C–C–N with tert-alkyl or cyclic N) is 1. The first-order valence-electron chi connectivity index (χ1n) is 16.9. The largest absolute Gasteiger partial charge is 0.481 e. The van der Waals surface area contributed by atoms with E-state index in [0.29, 0.717) is 57.5 Å². The van der Waals surface area contributed by atoms with E-state index in [2.05, 4.69) is 45.0 Å². The standard InChI is InChI=1S/C38H38Cl2N6O5/c1-44-31-13-15-45(16-17-47)21-29(31)25-9-6-22(18-32(25)44)36-35(40)27(12-14-41-36)26-4-3-5-28(34(26)39)30-10-7-23(37(43-30)51-2)19-46(38(49)50)20-24-8-11-33(48)42-24/h3-7,9-10,12,14,18,24,47H,8,11,13,15-17,19-21H2,1-2H3,(H,42,48)(H,49,50). The van der Waals surface area contributed by atoms with Crippen LogP contribution in [0.3, 0.4) is 0 Å². The Bertz CT molecular complexity index is 2150. The van der Waals surface area contributed by atoms with Crippen LogP contribution in [0.15, 0.2) is 60.8 Å². The second-order valence-corrected chi connectivity index (χ2v) is 13.7. The number of aromatic nitrogens is 3. The fraction of sp³-hybridized carbons (Fsp3) is 0.316. The number of aliphatic hydroxyl groups is 1. The van der Waals surface area contributed by atoms with E-state index in [9.17, 15) is 19.8 Å². The highest BCUT2D eigenvalue weighted by atomic mass is 35.5. The minimum atomic E-state index is -1.10. The maximum Gasteiger partial charge on any atom is 0.407 e. The van der Waals surface area contributed by atoms with Crippen LogP contribution in [-0.2, 0) is 31.4 Å². The number of amides is 2. The Hall–Kier alpha value is -4.68. The number of ether oxygens (including phenoxy) is 1. The predicted molar refractivity (Wildman–Crippen MR) is 197 cm³/mol. The van der Waals surface area contributed by atoms with Gasteiger partial charge in [-0.15, -0.1) is 0 Å². The van der Waals surface area contributed by atoms with Crippen LogP contribution in [0.5, 0.6) is 5.88 Å². The van der Waals surface area contributed by atoms with Gasteiger partial charge in [0.2, 0.25) is 11.8 Å². The van der Waals surface area contributed by atoms with E-state index in [4.69, 9.17) is 32.9 Å². The van der Waals surface area contributed by atoms with Crippen molar-refractivity contribution in [1.29, 1.82) is 0 Å². The highest BCUT2D eigenvalue weighted by molar-refractivity contribution is 6.39. The first-order valence-corrected chi connectivity index (χ1v) is 17.6. The average molecular weight is 730 g/mol. The molecule has 1 fully saturated rings. The molecule has 2 aliphatic rings. The molecule has 2 aliphatic heterocycles. The minimum Gasteiger partial charge on any atom is -0.481 e. The Morgan fingerprint density at radius 3 is 2.63 bits per heavy atom. The number of carbonyl (C=O) groups excluding carboxylic acids is 1. The number of halogens is 2. The van der Waals surface area contributed by atoms with Crippen molar-refractivity contribution in [2.45, 2.75) is 38.4 Å². The molecule has 2 aromatic carbocycles. The average Bonchev–Trinajstić information content (AvgIpc) is 3.67. The predicted octanol–water partition coefficient (Wildman–Crippen LogP) is 6.39. The number of carboxylic acid groups (broad SMARTS) is 1. The number of hydrogen-bond donors (Lipinski definition) is 3. The Kier molecular flexibility index (Phi) is 9.89. The normalized spacial score (nSPS) is 15.9. The monoisotopic (exact) mass is 728 g/mol. The van der Waals surface area contributed by atoms with Crippen molar-refractivity contribution in [2.24, 2.45) is 7.05 Å². The van der Waals surface area contributed by atoms with Crippen LogP contribution >= 0.6 is 23.2 Å². The highest BCUT2D eigenvalue weighted by Gasteiger charge is 2.27. The summed E-state index contributed by atoms with van der Waals surface area (Å²) < 4.78 is 7.86. The Morgan fingerprint density at radius 2 is 1.88 bits per heavy atom. The number of carbonyl (C=O) groups is 2. The molecular weight excluding hydrogens is 691 g/mol. The van der Waals surface area contributed by atoms with Gasteiger partial charge in [-0.1, -0.05) is 53.5 Å². The Labute approximate surface area is 305 Å². The summed E-state index contributed by atoms with van der Waals surface area (Å²) in [6, 6.07) is 17.2. The molecule has 1 atom stereocenters. The first-order chi connectivity index (χ1) is 24.7. The maximum atomic E-state index is 12.1. The van der Waals surface area contributed by atoms with E-state index in [1.807, 2.05) is 24.3 Å². The van der Waals surface area contributed by atoms with E-state index >= 15 is 0 Å². The van der Waals surface area contributed by atoms with Gasteiger partial charge in [0.25, 0.3) is 0 Å². The van der Waals surface area contributed by atoms with Gasteiger partial charge in [-0.2, -0.15) is 0 Å². The molecule has 2 amide bonds. The van der Waals surface area contributed by atoms with Crippen molar-refractivity contribution in [1.82, 2.24) is 29.7 Å². The molecule has 0 bridgehead atoms. The number of benzene rings is 2. The van der Waals surface area contributed by atoms with Crippen LogP contribution < -0.4 is 10.1 Å². The molecule has 264 valence electrons. The number of rotatable bonds is 10. The number of aliphatic hydroxyl groups excluding tert-OH is 1. The molecule has 0 radical (unpaired) electrons. The third-order valence-corrected chi connectivity index (χ3v) is 10.7. The molecule has 0 aliphatic carbocycles. The molecule has 1 unspecified atom stereocenters. The maximum absolute atomic E-state index is 12.1. The van der Waals surface area contributed by atoms with Crippen LogP contribution in [0.25, 0.3) is 44.5 Å². The number of nitrogens with one attached hydrogen (secondary N) is 1. The zero-order valence-corrected chi connectivity index (χ0v) is 29.8. The lowest BCUT2D eigenvalue weighted by Gasteiger charge is -2.26. The van der Waals surface area contributed by atoms with Gasteiger partial charge in [-0.3, -0.25) is 14.7 Å². The zero-order valence-electron chi connectivity index (χ0n) is 28.3. The Balaban J connectivity index is 1.18. The minimum absolute atomic E-state index is 0.0423. The third-order valence-electron chi connectivity index (χ3n) is 9.92. The summed E-state index contributed by atoms with van der Waals surface area (Å²) in [6.45, 7) is 2.74. The molecule has 5 aromatic rings. The molecular formula is C38H38Cl2N6O5. The molecule has 11 nitrogen and oxygen atoms in total. The van der Waals surface area contributed by atoms with Crippen LogP contribution in [0.4, 0.5) is 4.79 Å². The molecule has 0 spiro atoms.